The van der Waals surface area contributed by atoms with Gasteiger partial charge in [0.25, 0.3) is 0 Å². The SMILES string of the molecule is O=C(O)CC(Oc1ccc(Br)cc1)C(F)(F)F. The van der Waals surface area contributed by atoms with Gasteiger partial charge in [-0.25, -0.2) is 0 Å². The number of alkyl halides is 3. The molecule has 17 heavy (non-hydrogen) atoms. The number of rotatable bonds is 4. The lowest BCUT2D eigenvalue weighted by Gasteiger charge is -2.20. The van der Waals surface area contributed by atoms with E-state index in [1.165, 1.54) is 24.3 Å². The molecule has 94 valence electrons. The molecule has 3 nitrogen and oxygen atoms in total. The Balaban J connectivity index is 2.79. The maximum Gasteiger partial charge on any atom is 0.425 e. The number of hydrogen-bond donors (Lipinski definition) is 1. The van der Waals surface area contributed by atoms with E-state index in [4.69, 9.17) is 5.11 Å². The van der Waals surface area contributed by atoms with Crippen molar-refractivity contribution >= 4 is 21.9 Å². The molecule has 0 spiro atoms. The van der Waals surface area contributed by atoms with Crippen molar-refractivity contribution in [3.8, 4) is 5.75 Å². The first kappa shape index (κ1) is 13.8. The van der Waals surface area contributed by atoms with E-state index >= 15 is 0 Å². The van der Waals surface area contributed by atoms with E-state index in [1.807, 2.05) is 0 Å². The molecule has 0 aliphatic carbocycles. The second kappa shape index (κ2) is 5.39. The molecule has 1 unspecified atom stereocenters. The average molecular weight is 313 g/mol. The molecule has 1 atom stereocenters. The van der Waals surface area contributed by atoms with Crippen LogP contribution in [-0.2, 0) is 4.79 Å². The highest BCUT2D eigenvalue weighted by Gasteiger charge is 2.43. The van der Waals surface area contributed by atoms with Crippen LogP contribution in [0.5, 0.6) is 5.75 Å². The molecule has 0 aliphatic heterocycles. The Morgan fingerprint density at radius 1 is 1.35 bits per heavy atom. The monoisotopic (exact) mass is 312 g/mol. The van der Waals surface area contributed by atoms with Crippen LogP contribution in [0.1, 0.15) is 6.42 Å². The number of hydrogen-bond acceptors (Lipinski definition) is 2. The zero-order valence-electron chi connectivity index (χ0n) is 8.37. The van der Waals surface area contributed by atoms with E-state index in [0.717, 1.165) is 0 Å². The zero-order chi connectivity index (χ0) is 13.1. The van der Waals surface area contributed by atoms with Gasteiger partial charge >= 0.3 is 12.1 Å². The second-order valence-electron chi connectivity index (χ2n) is 3.20. The van der Waals surface area contributed by atoms with Gasteiger partial charge in [0.1, 0.15) is 5.75 Å². The minimum atomic E-state index is -4.72. The number of halogens is 4. The van der Waals surface area contributed by atoms with Crippen LogP contribution in [0.15, 0.2) is 28.7 Å². The highest BCUT2D eigenvalue weighted by Crippen LogP contribution is 2.28. The summed E-state index contributed by atoms with van der Waals surface area (Å²) in [5, 5.41) is 8.38. The van der Waals surface area contributed by atoms with E-state index in [9.17, 15) is 18.0 Å². The summed E-state index contributed by atoms with van der Waals surface area (Å²) in [7, 11) is 0. The van der Waals surface area contributed by atoms with Crippen LogP contribution >= 0.6 is 15.9 Å². The first-order valence-electron chi connectivity index (χ1n) is 4.50. The molecule has 0 saturated carbocycles. The molecule has 0 amide bonds. The fourth-order valence-corrected chi connectivity index (χ4v) is 1.32. The molecule has 0 heterocycles. The Labute approximate surface area is 103 Å². The average Bonchev–Trinajstić information content (AvgIpc) is 2.18. The van der Waals surface area contributed by atoms with Crippen molar-refractivity contribution < 1.29 is 27.8 Å². The van der Waals surface area contributed by atoms with E-state index in [-0.39, 0.29) is 5.75 Å². The molecule has 0 bridgehead atoms. The first-order chi connectivity index (χ1) is 7.79. The summed E-state index contributed by atoms with van der Waals surface area (Å²) in [6, 6.07) is 5.66. The summed E-state index contributed by atoms with van der Waals surface area (Å²) < 4.78 is 42.6. The molecule has 0 aromatic heterocycles. The molecule has 1 rings (SSSR count). The highest BCUT2D eigenvalue weighted by atomic mass is 79.9. The molecule has 0 aliphatic rings. The summed E-state index contributed by atoms with van der Waals surface area (Å²) in [4.78, 5) is 10.3. The number of benzene rings is 1. The van der Waals surface area contributed by atoms with Gasteiger partial charge in [-0.05, 0) is 24.3 Å². The molecule has 0 fully saturated rings. The van der Waals surface area contributed by atoms with Crippen LogP contribution in [0.4, 0.5) is 13.2 Å². The van der Waals surface area contributed by atoms with Crippen LogP contribution in [0.2, 0.25) is 0 Å². The van der Waals surface area contributed by atoms with Crippen LogP contribution in [0, 0.1) is 0 Å². The first-order valence-corrected chi connectivity index (χ1v) is 5.29. The molecular formula is C10H8BrF3O3. The van der Waals surface area contributed by atoms with Gasteiger partial charge in [-0.2, -0.15) is 13.2 Å². The van der Waals surface area contributed by atoms with E-state index in [2.05, 4.69) is 20.7 Å². The number of carboxylic acids is 1. The highest BCUT2D eigenvalue weighted by molar-refractivity contribution is 9.10. The number of ether oxygens (including phenoxy) is 1. The summed E-state index contributed by atoms with van der Waals surface area (Å²) in [5.41, 5.74) is 0. The third-order valence-electron chi connectivity index (χ3n) is 1.82. The quantitative estimate of drug-likeness (QED) is 0.928. The van der Waals surface area contributed by atoms with Gasteiger partial charge in [-0.15, -0.1) is 0 Å². The topological polar surface area (TPSA) is 46.5 Å². The second-order valence-corrected chi connectivity index (χ2v) is 4.12. The standard InChI is InChI=1S/C10H8BrF3O3/c11-6-1-3-7(4-2-6)17-8(5-9(15)16)10(12,13)14/h1-4,8H,5H2,(H,15,16). The Morgan fingerprint density at radius 3 is 2.29 bits per heavy atom. The number of aliphatic carboxylic acids is 1. The third-order valence-corrected chi connectivity index (χ3v) is 2.35. The third kappa shape index (κ3) is 4.64. The van der Waals surface area contributed by atoms with Gasteiger partial charge in [0.05, 0.1) is 6.42 Å². The van der Waals surface area contributed by atoms with Crippen molar-refractivity contribution in [3.63, 3.8) is 0 Å². The molecule has 0 radical (unpaired) electrons. The van der Waals surface area contributed by atoms with Gasteiger partial charge in [0.2, 0.25) is 6.10 Å². The van der Waals surface area contributed by atoms with Crippen molar-refractivity contribution in [3.05, 3.63) is 28.7 Å². The summed E-state index contributed by atoms with van der Waals surface area (Å²) >= 11 is 3.12. The molecular weight excluding hydrogens is 305 g/mol. The lowest BCUT2D eigenvalue weighted by molar-refractivity contribution is -0.200. The van der Waals surface area contributed by atoms with Crippen molar-refractivity contribution in [1.82, 2.24) is 0 Å². The van der Waals surface area contributed by atoms with Gasteiger partial charge in [0.15, 0.2) is 0 Å². The Hall–Kier alpha value is -1.24. The van der Waals surface area contributed by atoms with E-state index in [0.29, 0.717) is 4.47 Å². The van der Waals surface area contributed by atoms with E-state index in [1.54, 1.807) is 0 Å². The molecule has 0 saturated heterocycles. The van der Waals surface area contributed by atoms with Gasteiger partial charge < -0.3 is 9.84 Å². The van der Waals surface area contributed by atoms with Crippen molar-refractivity contribution in [2.75, 3.05) is 0 Å². The number of carboxylic acid groups (broad SMARTS) is 1. The number of carbonyl (C=O) groups is 1. The minimum Gasteiger partial charge on any atom is -0.481 e. The van der Waals surface area contributed by atoms with Crippen molar-refractivity contribution in [2.24, 2.45) is 0 Å². The molecule has 1 N–H and O–H groups in total. The normalized spacial score (nSPS) is 13.2. The molecule has 7 heteroatoms. The maximum atomic E-state index is 12.4. The Bertz CT molecular complexity index is 389. The predicted octanol–water partition coefficient (Wildman–Crippen LogP) is 3.23. The minimum absolute atomic E-state index is 0.0308. The summed E-state index contributed by atoms with van der Waals surface area (Å²) in [6.45, 7) is 0. The summed E-state index contributed by atoms with van der Waals surface area (Å²) in [6.07, 6.45) is -8.19. The van der Waals surface area contributed by atoms with Crippen molar-refractivity contribution in [2.45, 2.75) is 18.7 Å². The van der Waals surface area contributed by atoms with Crippen LogP contribution in [0.25, 0.3) is 0 Å². The van der Waals surface area contributed by atoms with Crippen LogP contribution in [0.3, 0.4) is 0 Å². The zero-order valence-corrected chi connectivity index (χ0v) is 9.96. The molecule has 1 aromatic carbocycles. The fraction of sp³-hybridized carbons (Fsp3) is 0.300. The fourth-order valence-electron chi connectivity index (χ4n) is 1.06. The lowest BCUT2D eigenvalue weighted by Crippen LogP contribution is -2.36. The van der Waals surface area contributed by atoms with Gasteiger partial charge in [0, 0.05) is 4.47 Å². The Kier molecular flexibility index (Phi) is 4.39. The predicted molar refractivity (Wildman–Crippen MR) is 56.9 cm³/mol. The van der Waals surface area contributed by atoms with E-state index < -0.39 is 24.7 Å². The van der Waals surface area contributed by atoms with Gasteiger partial charge in [-0.3, -0.25) is 4.79 Å². The van der Waals surface area contributed by atoms with Crippen LogP contribution in [-0.4, -0.2) is 23.4 Å². The van der Waals surface area contributed by atoms with Crippen molar-refractivity contribution in [1.29, 1.82) is 0 Å². The smallest absolute Gasteiger partial charge is 0.425 e. The van der Waals surface area contributed by atoms with Crippen LogP contribution < -0.4 is 4.74 Å². The summed E-state index contributed by atoms with van der Waals surface area (Å²) in [5.74, 6) is -1.60. The largest absolute Gasteiger partial charge is 0.481 e. The Morgan fingerprint density at radius 2 is 1.88 bits per heavy atom. The maximum absolute atomic E-state index is 12.4. The lowest BCUT2D eigenvalue weighted by atomic mass is 10.2. The molecule has 1 aromatic rings. The van der Waals surface area contributed by atoms with Gasteiger partial charge in [-0.1, -0.05) is 15.9 Å².